The molecule has 0 aromatic heterocycles. The number of carbonyl (C=O) groups excluding carboxylic acids is 1. The van der Waals surface area contributed by atoms with Gasteiger partial charge in [-0.2, -0.15) is 0 Å². The lowest BCUT2D eigenvalue weighted by atomic mass is 9.92. The minimum atomic E-state index is -3.10. The van der Waals surface area contributed by atoms with Crippen LogP contribution in [0, 0.1) is 5.41 Å². The molecule has 0 radical (unpaired) electrons. The second-order valence-electron chi connectivity index (χ2n) is 6.65. The lowest BCUT2D eigenvalue weighted by molar-refractivity contribution is 0.226. The van der Waals surface area contributed by atoms with E-state index in [0.29, 0.717) is 32.5 Å². The Hall–Kier alpha value is -0.820. The Morgan fingerprint density at radius 3 is 2.25 bits per heavy atom. The minimum Gasteiger partial charge on any atom is -0.338 e. The van der Waals surface area contributed by atoms with Crippen LogP contribution in [0.4, 0.5) is 4.79 Å². The molecule has 0 bridgehead atoms. The van der Waals surface area contributed by atoms with Gasteiger partial charge in [0.25, 0.3) is 0 Å². The van der Waals surface area contributed by atoms with Crippen LogP contribution in [0.5, 0.6) is 0 Å². The molecule has 1 fully saturated rings. The van der Waals surface area contributed by atoms with Gasteiger partial charge in [0.05, 0.1) is 6.26 Å². The summed E-state index contributed by atoms with van der Waals surface area (Å²) in [5.41, 5.74) is 0.202. The van der Waals surface area contributed by atoms with Crippen LogP contribution >= 0.6 is 0 Å². The van der Waals surface area contributed by atoms with Gasteiger partial charge in [-0.15, -0.1) is 0 Å². The van der Waals surface area contributed by atoms with Gasteiger partial charge in [0.2, 0.25) is 10.0 Å². The van der Waals surface area contributed by atoms with E-state index in [1.807, 2.05) is 0 Å². The van der Waals surface area contributed by atoms with Crippen molar-refractivity contribution in [2.45, 2.75) is 46.1 Å². The van der Waals surface area contributed by atoms with Gasteiger partial charge in [0, 0.05) is 25.7 Å². The highest BCUT2D eigenvalue weighted by atomic mass is 32.2. The first kappa shape index (κ1) is 17.2. The summed E-state index contributed by atoms with van der Waals surface area (Å²) >= 11 is 0. The van der Waals surface area contributed by atoms with Crippen molar-refractivity contribution in [1.82, 2.24) is 14.9 Å². The van der Waals surface area contributed by atoms with Crippen LogP contribution in [0.2, 0.25) is 0 Å². The van der Waals surface area contributed by atoms with Crippen molar-refractivity contribution >= 4 is 16.1 Å². The van der Waals surface area contributed by atoms with Crippen LogP contribution in [-0.4, -0.2) is 50.7 Å². The molecule has 118 valence electrons. The van der Waals surface area contributed by atoms with E-state index in [9.17, 15) is 13.2 Å². The van der Waals surface area contributed by atoms with Crippen LogP contribution < -0.4 is 10.6 Å². The van der Waals surface area contributed by atoms with Gasteiger partial charge in [-0.25, -0.2) is 17.5 Å². The average molecular weight is 305 g/mol. The van der Waals surface area contributed by atoms with Gasteiger partial charge in [-0.05, 0) is 24.7 Å². The maximum absolute atomic E-state index is 11.7. The molecule has 0 unspecified atom stereocenters. The van der Waals surface area contributed by atoms with Crippen molar-refractivity contribution < 1.29 is 13.2 Å². The molecule has 7 heteroatoms. The number of piperidine rings is 1. The molecule has 2 amide bonds. The van der Waals surface area contributed by atoms with Crippen LogP contribution in [0.3, 0.4) is 0 Å². The van der Waals surface area contributed by atoms with E-state index in [0.717, 1.165) is 6.42 Å². The average Bonchev–Trinajstić information content (AvgIpc) is 2.26. The van der Waals surface area contributed by atoms with Gasteiger partial charge < -0.3 is 10.6 Å². The molecular weight excluding hydrogens is 278 g/mol. The lowest BCUT2D eigenvalue weighted by Gasteiger charge is -2.30. The summed E-state index contributed by atoms with van der Waals surface area (Å²) in [6.07, 6.45) is 3.48. The lowest BCUT2D eigenvalue weighted by Crippen LogP contribution is -2.49. The van der Waals surface area contributed by atoms with Crippen molar-refractivity contribution in [2.24, 2.45) is 5.41 Å². The molecule has 0 aliphatic carbocycles. The summed E-state index contributed by atoms with van der Waals surface area (Å²) < 4.78 is 24.2. The summed E-state index contributed by atoms with van der Waals surface area (Å²) in [4.78, 5) is 11.7. The van der Waals surface area contributed by atoms with Crippen molar-refractivity contribution in [3.63, 3.8) is 0 Å². The van der Waals surface area contributed by atoms with E-state index >= 15 is 0 Å². The van der Waals surface area contributed by atoms with Crippen LogP contribution in [0.25, 0.3) is 0 Å². The zero-order chi connectivity index (χ0) is 15.4. The predicted molar refractivity (Wildman–Crippen MR) is 80.0 cm³/mol. The fourth-order valence-corrected chi connectivity index (χ4v) is 2.99. The maximum atomic E-state index is 11.7. The number of amides is 2. The van der Waals surface area contributed by atoms with E-state index in [1.165, 1.54) is 10.6 Å². The molecule has 1 heterocycles. The Bertz CT molecular complexity index is 421. The zero-order valence-corrected chi connectivity index (χ0v) is 13.7. The Morgan fingerprint density at radius 2 is 1.80 bits per heavy atom. The number of sulfonamides is 1. The number of urea groups is 1. The zero-order valence-electron chi connectivity index (χ0n) is 12.9. The molecule has 0 atom stereocenters. The summed E-state index contributed by atoms with van der Waals surface area (Å²) in [7, 11) is -3.10. The molecule has 2 N–H and O–H groups in total. The second kappa shape index (κ2) is 6.76. The topological polar surface area (TPSA) is 78.5 Å². The summed E-state index contributed by atoms with van der Waals surface area (Å²) in [5.74, 6) is 0. The predicted octanol–water partition coefficient (Wildman–Crippen LogP) is 1.15. The van der Waals surface area contributed by atoms with Crippen molar-refractivity contribution in [2.75, 3.05) is 25.9 Å². The Morgan fingerprint density at radius 1 is 1.25 bits per heavy atom. The third-order valence-corrected chi connectivity index (χ3v) is 4.72. The molecular formula is C13H27N3O3S. The molecule has 1 saturated heterocycles. The fourth-order valence-electron chi connectivity index (χ4n) is 2.12. The molecule has 0 saturated carbocycles. The normalized spacial score (nSPS) is 18.8. The van der Waals surface area contributed by atoms with Crippen LogP contribution in [-0.2, 0) is 10.0 Å². The van der Waals surface area contributed by atoms with Crippen LogP contribution in [0.15, 0.2) is 0 Å². The third-order valence-electron chi connectivity index (χ3n) is 3.42. The molecule has 1 aliphatic rings. The Kier molecular flexibility index (Phi) is 5.82. The quantitative estimate of drug-likeness (QED) is 0.817. The molecule has 0 aromatic carbocycles. The highest BCUT2D eigenvalue weighted by Gasteiger charge is 2.25. The molecule has 1 aliphatic heterocycles. The van der Waals surface area contributed by atoms with E-state index in [2.05, 4.69) is 31.4 Å². The monoisotopic (exact) mass is 305 g/mol. The van der Waals surface area contributed by atoms with Gasteiger partial charge in [0.15, 0.2) is 0 Å². The van der Waals surface area contributed by atoms with E-state index in [1.54, 1.807) is 0 Å². The van der Waals surface area contributed by atoms with Crippen LogP contribution in [0.1, 0.15) is 40.0 Å². The molecule has 20 heavy (non-hydrogen) atoms. The SMILES string of the molecule is CC(C)(C)CCNC(=O)NC1CCN(S(C)(=O)=O)CC1. The molecule has 0 spiro atoms. The van der Waals surface area contributed by atoms with Crippen molar-refractivity contribution in [3.05, 3.63) is 0 Å². The summed E-state index contributed by atoms with van der Waals surface area (Å²) in [6, 6.07) is -0.102. The molecule has 1 rings (SSSR count). The first-order chi connectivity index (χ1) is 9.08. The Balaban J connectivity index is 2.25. The van der Waals surface area contributed by atoms with Crippen molar-refractivity contribution in [3.8, 4) is 0 Å². The first-order valence-corrected chi connectivity index (χ1v) is 8.92. The highest BCUT2D eigenvalue weighted by molar-refractivity contribution is 7.88. The van der Waals surface area contributed by atoms with E-state index < -0.39 is 10.0 Å². The number of nitrogens with zero attached hydrogens (tertiary/aromatic N) is 1. The van der Waals surface area contributed by atoms with Gasteiger partial charge >= 0.3 is 6.03 Å². The number of hydrogen-bond acceptors (Lipinski definition) is 3. The Labute approximate surface area is 122 Å². The number of carbonyl (C=O) groups is 1. The van der Waals surface area contributed by atoms with Gasteiger partial charge in [-0.3, -0.25) is 0 Å². The largest absolute Gasteiger partial charge is 0.338 e. The minimum absolute atomic E-state index is 0.0580. The smallest absolute Gasteiger partial charge is 0.315 e. The second-order valence-corrected chi connectivity index (χ2v) is 8.63. The first-order valence-electron chi connectivity index (χ1n) is 7.07. The van der Waals surface area contributed by atoms with E-state index in [4.69, 9.17) is 0 Å². The molecule has 0 aromatic rings. The number of hydrogen-bond donors (Lipinski definition) is 2. The maximum Gasteiger partial charge on any atom is 0.315 e. The summed E-state index contributed by atoms with van der Waals surface area (Å²) in [6.45, 7) is 8.00. The third kappa shape index (κ3) is 6.56. The fraction of sp³-hybridized carbons (Fsp3) is 0.923. The highest BCUT2D eigenvalue weighted by Crippen LogP contribution is 2.17. The molecule has 6 nitrogen and oxygen atoms in total. The number of nitrogens with one attached hydrogen (secondary N) is 2. The van der Waals surface area contributed by atoms with Gasteiger partial charge in [0.1, 0.15) is 0 Å². The summed E-state index contributed by atoms with van der Waals surface area (Å²) in [5, 5.41) is 5.75. The van der Waals surface area contributed by atoms with E-state index in [-0.39, 0.29) is 17.5 Å². The van der Waals surface area contributed by atoms with Gasteiger partial charge in [-0.1, -0.05) is 20.8 Å². The standard InChI is InChI=1S/C13H27N3O3S/c1-13(2,3)7-8-14-12(17)15-11-5-9-16(10-6-11)20(4,18)19/h11H,5-10H2,1-4H3,(H2,14,15,17). The number of rotatable bonds is 4. The van der Waals surface area contributed by atoms with Crippen molar-refractivity contribution in [1.29, 1.82) is 0 Å².